The third kappa shape index (κ3) is 2.50. The van der Waals surface area contributed by atoms with Crippen molar-refractivity contribution in [1.29, 1.82) is 0 Å². The standard InChI is InChI=1S/C20H18N4O3/c1-27-20(26)17-14-9-23(10-15(14)17)19(25)12-7-16-18(21-8-12)24(11-22-16)13-5-3-2-4-6-13/h2-8,11,14-15,17H,9-10H2,1H3/t14-,15+,17?. The van der Waals surface area contributed by atoms with Crippen molar-refractivity contribution in [3.8, 4) is 5.69 Å². The lowest BCUT2D eigenvalue weighted by Gasteiger charge is -2.19. The van der Waals surface area contributed by atoms with E-state index in [-0.39, 0.29) is 29.6 Å². The number of amides is 1. The summed E-state index contributed by atoms with van der Waals surface area (Å²) in [5, 5.41) is 0. The average molecular weight is 362 g/mol. The van der Waals surface area contributed by atoms with Crippen molar-refractivity contribution in [2.45, 2.75) is 0 Å². The number of para-hydroxylation sites is 1. The van der Waals surface area contributed by atoms with Crippen molar-refractivity contribution in [3.63, 3.8) is 0 Å². The van der Waals surface area contributed by atoms with Gasteiger partial charge in [0, 0.05) is 25.0 Å². The van der Waals surface area contributed by atoms with Crippen molar-refractivity contribution in [3.05, 3.63) is 54.5 Å². The van der Waals surface area contributed by atoms with Gasteiger partial charge in [-0.1, -0.05) is 18.2 Å². The Balaban J connectivity index is 1.36. The summed E-state index contributed by atoms with van der Waals surface area (Å²) in [6.45, 7) is 1.19. The molecule has 1 saturated carbocycles. The fraction of sp³-hybridized carbons (Fsp3) is 0.300. The number of likely N-dealkylation sites (tertiary alicyclic amines) is 1. The van der Waals surface area contributed by atoms with Crippen molar-refractivity contribution >= 4 is 23.0 Å². The Morgan fingerprint density at radius 2 is 1.85 bits per heavy atom. The quantitative estimate of drug-likeness (QED) is 0.665. The summed E-state index contributed by atoms with van der Waals surface area (Å²) in [5.74, 6) is 0.202. The Bertz CT molecular complexity index is 1030. The second-order valence-corrected chi connectivity index (χ2v) is 7.10. The molecule has 1 aliphatic carbocycles. The van der Waals surface area contributed by atoms with Gasteiger partial charge in [-0.25, -0.2) is 9.97 Å². The Morgan fingerprint density at radius 3 is 2.56 bits per heavy atom. The van der Waals surface area contributed by atoms with E-state index in [1.54, 1.807) is 23.5 Å². The molecule has 3 heterocycles. The molecule has 2 fully saturated rings. The zero-order chi connectivity index (χ0) is 18.5. The fourth-order valence-electron chi connectivity index (χ4n) is 4.16. The van der Waals surface area contributed by atoms with Gasteiger partial charge in [-0.15, -0.1) is 0 Å². The second kappa shape index (κ2) is 5.90. The van der Waals surface area contributed by atoms with Gasteiger partial charge in [0.2, 0.25) is 0 Å². The summed E-state index contributed by atoms with van der Waals surface area (Å²) in [6, 6.07) is 11.6. The summed E-state index contributed by atoms with van der Waals surface area (Å²) in [4.78, 5) is 35.1. The molecule has 0 radical (unpaired) electrons. The van der Waals surface area contributed by atoms with Crippen LogP contribution in [-0.2, 0) is 9.53 Å². The van der Waals surface area contributed by atoms with E-state index in [1.165, 1.54) is 7.11 Å². The van der Waals surface area contributed by atoms with Gasteiger partial charge in [-0.05, 0) is 30.0 Å². The molecule has 1 unspecified atom stereocenters. The van der Waals surface area contributed by atoms with Crippen LogP contribution < -0.4 is 0 Å². The van der Waals surface area contributed by atoms with Gasteiger partial charge >= 0.3 is 5.97 Å². The average Bonchev–Trinajstić information content (AvgIpc) is 3.06. The maximum atomic E-state index is 12.8. The zero-order valence-electron chi connectivity index (χ0n) is 14.8. The number of esters is 1. The highest BCUT2D eigenvalue weighted by atomic mass is 16.5. The Kier molecular flexibility index (Phi) is 3.50. The molecule has 5 rings (SSSR count). The van der Waals surface area contributed by atoms with E-state index in [0.717, 1.165) is 5.69 Å². The molecule has 2 aliphatic rings. The molecular formula is C20H18N4O3. The molecule has 27 heavy (non-hydrogen) atoms. The van der Waals surface area contributed by atoms with Crippen molar-refractivity contribution in [2.24, 2.45) is 17.8 Å². The van der Waals surface area contributed by atoms with E-state index < -0.39 is 0 Å². The number of imidazole rings is 1. The molecule has 3 atom stereocenters. The van der Waals surface area contributed by atoms with Gasteiger partial charge in [-0.3, -0.25) is 14.2 Å². The molecule has 1 aliphatic heterocycles. The van der Waals surface area contributed by atoms with Crippen molar-refractivity contribution in [1.82, 2.24) is 19.4 Å². The number of aromatic nitrogens is 3. The highest BCUT2D eigenvalue weighted by Gasteiger charge is 2.61. The number of ether oxygens (including phenoxy) is 1. The number of nitrogens with zero attached hydrogens (tertiary/aromatic N) is 4. The van der Waals surface area contributed by atoms with E-state index >= 15 is 0 Å². The number of pyridine rings is 1. The zero-order valence-corrected chi connectivity index (χ0v) is 14.8. The number of benzene rings is 1. The lowest BCUT2D eigenvalue weighted by atomic mass is 10.2. The van der Waals surface area contributed by atoms with Crippen molar-refractivity contribution < 1.29 is 14.3 Å². The molecule has 0 N–H and O–H groups in total. The Labute approximate surface area is 155 Å². The normalized spacial score (nSPS) is 23.3. The first-order valence-corrected chi connectivity index (χ1v) is 8.93. The van der Waals surface area contributed by atoms with Gasteiger partial charge in [0.1, 0.15) is 11.8 Å². The van der Waals surface area contributed by atoms with Crippen LogP contribution in [0.25, 0.3) is 16.9 Å². The summed E-state index contributed by atoms with van der Waals surface area (Å²) in [7, 11) is 1.41. The lowest BCUT2D eigenvalue weighted by Crippen LogP contribution is -2.32. The van der Waals surface area contributed by atoms with Gasteiger partial charge in [0.25, 0.3) is 5.91 Å². The topological polar surface area (TPSA) is 77.3 Å². The first-order valence-electron chi connectivity index (χ1n) is 8.93. The molecule has 1 amide bonds. The number of methoxy groups -OCH3 is 1. The number of hydrogen-bond donors (Lipinski definition) is 0. The largest absolute Gasteiger partial charge is 0.469 e. The van der Waals surface area contributed by atoms with Gasteiger partial charge < -0.3 is 9.64 Å². The fourth-order valence-corrected chi connectivity index (χ4v) is 4.16. The molecule has 136 valence electrons. The SMILES string of the molecule is COC(=O)C1[C@H]2CN(C(=O)c3cnc4c(c3)ncn4-c3ccccc3)C[C@@H]12. The van der Waals surface area contributed by atoms with Gasteiger partial charge in [0.05, 0.1) is 18.6 Å². The minimum atomic E-state index is -0.161. The molecular weight excluding hydrogens is 344 g/mol. The number of hydrogen-bond acceptors (Lipinski definition) is 5. The first kappa shape index (κ1) is 16.0. The van der Waals surface area contributed by atoms with E-state index in [2.05, 4.69) is 9.97 Å². The molecule has 2 aromatic heterocycles. The van der Waals surface area contributed by atoms with Crippen LogP contribution in [0.15, 0.2) is 48.9 Å². The molecule has 3 aromatic rings. The van der Waals surface area contributed by atoms with Crippen LogP contribution in [0.5, 0.6) is 0 Å². The molecule has 7 heteroatoms. The summed E-state index contributed by atoms with van der Waals surface area (Å²) in [5.41, 5.74) is 2.89. The number of carbonyl (C=O) groups excluding carboxylic acids is 2. The van der Waals surface area contributed by atoms with Crippen LogP contribution in [0.3, 0.4) is 0 Å². The maximum Gasteiger partial charge on any atom is 0.309 e. The van der Waals surface area contributed by atoms with E-state index in [9.17, 15) is 9.59 Å². The predicted molar refractivity (Wildman–Crippen MR) is 97.3 cm³/mol. The van der Waals surface area contributed by atoms with Crippen LogP contribution in [0.1, 0.15) is 10.4 Å². The molecule has 0 spiro atoms. The molecule has 1 aromatic carbocycles. The number of fused-ring (bicyclic) bond motifs is 2. The van der Waals surface area contributed by atoms with Crippen LogP contribution in [0.4, 0.5) is 0 Å². The number of rotatable bonds is 3. The monoisotopic (exact) mass is 362 g/mol. The highest BCUT2D eigenvalue weighted by Crippen LogP contribution is 2.52. The number of piperidine rings is 1. The Hall–Kier alpha value is -3.22. The van der Waals surface area contributed by atoms with E-state index in [0.29, 0.717) is 29.8 Å². The van der Waals surface area contributed by atoms with Crippen LogP contribution in [0.2, 0.25) is 0 Å². The predicted octanol–water partition coefficient (Wildman–Crippen LogP) is 1.91. The molecule has 1 saturated heterocycles. The minimum Gasteiger partial charge on any atom is -0.469 e. The van der Waals surface area contributed by atoms with Crippen LogP contribution in [0, 0.1) is 17.8 Å². The van der Waals surface area contributed by atoms with Crippen LogP contribution >= 0.6 is 0 Å². The molecule has 7 nitrogen and oxygen atoms in total. The van der Waals surface area contributed by atoms with Gasteiger partial charge in [0.15, 0.2) is 5.65 Å². The summed E-state index contributed by atoms with van der Waals surface area (Å²) in [6.07, 6.45) is 3.32. The third-order valence-corrected chi connectivity index (χ3v) is 5.62. The lowest BCUT2D eigenvalue weighted by molar-refractivity contribution is -0.143. The first-order chi connectivity index (χ1) is 13.2. The highest BCUT2D eigenvalue weighted by molar-refractivity contribution is 5.97. The van der Waals surface area contributed by atoms with Crippen molar-refractivity contribution in [2.75, 3.05) is 20.2 Å². The van der Waals surface area contributed by atoms with E-state index in [4.69, 9.17) is 4.74 Å². The minimum absolute atomic E-state index is 0.0405. The molecule has 0 bridgehead atoms. The smallest absolute Gasteiger partial charge is 0.309 e. The maximum absolute atomic E-state index is 12.8. The number of carbonyl (C=O) groups is 2. The van der Waals surface area contributed by atoms with E-state index in [1.807, 2.05) is 34.9 Å². The summed E-state index contributed by atoms with van der Waals surface area (Å²) < 4.78 is 6.71. The summed E-state index contributed by atoms with van der Waals surface area (Å²) >= 11 is 0. The second-order valence-electron chi connectivity index (χ2n) is 7.10. The third-order valence-electron chi connectivity index (χ3n) is 5.62. The van der Waals surface area contributed by atoms with Gasteiger partial charge in [-0.2, -0.15) is 0 Å². The van der Waals surface area contributed by atoms with Crippen LogP contribution in [-0.4, -0.2) is 51.5 Å². The Morgan fingerprint density at radius 1 is 1.11 bits per heavy atom.